The van der Waals surface area contributed by atoms with E-state index in [1.54, 1.807) is 12.1 Å². The lowest BCUT2D eigenvalue weighted by molar-refractivity contribution is -0.890. The van der Waals surface area contributed by atoms with E-state index in [-0.39, 0.29) is 23.9 Å². The van der Waals surface area contributed by atoms with Crippen LogP contribution in [0.1, 0.15) is 37.0 Å². The molecular weight excluding hydrogens is 931 g/mol. The molecule has 69 heavy (non-hydrogen) atoms. The summed E-state index contributed by atoms with van der Waals surface area (Å²) < 4.78 is 106. The molecule has 0 unspecified atom stereocenters. The van der Waals surface area contributed by atoms with Crippen LogP contribution in [0.2, 0.25) is 0 Å². The third-order valence-electron chi connectivity index (χ3n) is 10.5. The Hall–Kier alpha value is -3.28. The third kappa shape index (κ3) is 31.6. The van der Waals surface area contributed by atoms with E-state index in [0.717, 1.165) is 38.3 Å². The van der Waals surface area contributed by atoms with Crippen molar-refractivity contribution in [3.05, 3.63) is 89.5 Å². The smallest absolute Gasteiger partial charge is 0.297 e. The number of hydrogen-bond acceptors (Lipinski definition) is 16. The van der Waals surface area contributed by atoms with Crippen molar-refractivity contribution >= 4 is 31.6 Å². The van der Waals surface area contributed by atoms with E-state index in [0.29, 0.717) is 117 Å². The predicted octanol–water partition coefficient (Wildman–Crippen LogP) is 5.50. The zero-order valence-electron chi connectivity index (χ0n) is 42.5. The van der Waals surface area contributed by atoms with Crippen molar-refractivity contribution in [3.63, 3.8) is 0 Å². The van der Waals surface area contributed by atoms with Gasteiger partial charge in [0.05, 0.1) is 148 Å². The summed E-state index contributed by atoms with van der Waals surface area (Å²) in [7, 11) is -3.91. The fraction of sp³-hybridized carbons (Fsp3) is 0.640. The molecule has 0 aliphatic rings. The molecule has 19 heteroatoms. The zero-order valence-corrected chi connectivity index (χ0v) is 44.1. The Balaban J connectivity index is 0.000000474. The lowest BCUT2D eigenvalue weighted by Gasteiger charge is -2.29. The summed E-state index contributed by atoms with van der Waals surface area (Å²) in [6, 6.07) is 23.5. The number of hydrogen-bond donors (Lipinski definition) is 0. The second kappa shape index (κ2) is 36.6. The van der Waals surface area contributed by atoms with Gasteiger partial charge in [-0.3, -0.25) is 4.18 Å². The van der Waals surface area contributed by atoms with Gasteiger partial charge in [0, 0.05) is 49.7 Å². The average molecular weight is 1010 g/mol. The Morgan fingerprint density at radius 1 is 0.478 bits per heavy atom. The lowest BCUT2D eigenvalue weighted by atomic mass is 10.2. The van der Waals surface area contributed by atoms with Crippen LogP contribution in [0, 0.1) is 20.8 Å². The van der Waals surface area contributed by atoms with Crippen molar-refractivity contribution in [2.24, 2.45) is 0 Å². The number of anilines is 2. The first-order chi connectivity index (χ1) is 33.0. The largest absolute Gasteiger partial charge is 0.748 e. The van der Waals surface area contributed by atoms with E-state index >= 15 is 0 Å². The molecule has 0 aromatic heterocycles. The highest BCUT2D eigenvalue weighted by molar-refractivity contribution is 7.86. The maximum Gasteiger partial charge on any atom is 0.297 e. The molecule has 0 saturated heterocycles. The van der Waals surface area contributed by atoms with E-state index in [2.05, 4.69) is 86.0 Å². The molecule has 17 nitrogen and oxygen atoms in total. The maximum absolute atomic E-state index is 12.0. The minimum atomic E-state index is -4.14. The van der Waals surface area contributed by atoms with Crippen LogP contribution in [0.4, 0.5) is 11.4 Å². The third-order valence-corrected chi connectivity index (χ3v) is 12.6. The van der Waals surface area contributed by atoms with E-state index < -0.39 is 20.2 Å². The topological polar surface area (TPSA) is 181 Å². The first-order valence-corrected chi connectivity index (χ1v) is 27.0. The summed E-state index contributed by atoms with van der Waals surface area (Å²) in [6.45, 7) is 23.1. The van der Waals surface area contributed by atoms with Crippen molar-refractivity contribution in [3.8, 4) is 0 Å². The molecule has 0 atom stereocenters. The van der Waals surface area contributed by atoms with Crippen LogP contribution in [0.5, 0.6) is 0 Å². The van der Waals surface area contributed by atoms with E-state index in [9.17, 15) is 21.4 Å². The lowest BCUT2D eigenvalue weighted by Crippen LogP contribution is -2.43. The highest BCUT2D eigenvalue weighted by atomic mass is 32.2. The average Bonchev–Trinajstić information content (AvgIpc) is 3.30. The molecule has 0 aliphatic carbocycles. The highest BCUT2D eigenvalue weighted by Crippen LogP contribution is 2.17. The Morgan fingerprint density at radius 3 is 1.23 bits per heavy atom. The molecule has 3 aromatic rings. The molecule has 0 aliphatic heterocycles. The molecule has 394 valence electrons. The summed E-state index contributed by atoms with van der Waals surface area (Å²) >= 11 is 0. The van der Waals surface area contributed by atoms with Crippen LogP contribution in [0.3, 0.4) is 0 Å². The van der Waals surface area contributed by atoms with Gasteiger partial charge in [0.1, 0.15) is 6.54 Å². The van der Waals surface area contributed by atoms with Crippen LogP contribution >= 0.6 is 0 Å². The van der Waals surface area contributed by atoms with Crippen molar-refractivity contribution in [2.45, 2.75) is 45.9 Å². The monoisotopic (exact) mass is 1010 g/mol. The molecule has 0 N–H and O–H groups in total. The maximum atomic E-state index is 12.0. The number of benzene rings is 3. The standard InChI is InChI=1S/C26H39NO7S.C24H44N2O7S/c1-4-27(25-7-5-6-24(3)22-25)12-13-30-14-15-31-16-17-32-18-19-33-20-21-34-35(28,29)26-10-8-23(2)9-11-26;1-5-25(24-9-6-8-23(2)22-24)10-13-30-15-17-32-19-20-33-18-16-31-14-12-26(3,4)11-7-21-34(27,28)29/h5-11,22H,4,12-21H2,1-3H3;6,8-9,22H,5,7,10-21H2,1-4H3. The quantitative estimate of drug-likeness (QED) is 0.0301. The number of nitrogens with zero attached hydrogens (tertiary/aromatic N) is 3. The van der Waals surface area contributed by atoms with Gasteiger partial charge in [-0.2, -0.15) is 8.42 Å². The fourth-order valence-electron chi connectivity index (χ4n) is 6.53. The highest BCUT2D eigenvalue weighted by Gasteiger charge is 2.16. The molecule has 0 spiro atoms. The first kappa shape index (κ1) is 61.8. The van der Waals surface area contributed by atoms with Gasteiger partial charge in [0.25, 0.3) is 10.1 Å². The van der Waals surface area contributed by atoms with Gasteiger partial charge in [0.2, 0.25) is 0 Å². The Labute approximate surface area is 414 Å². The minimum Gasteiger partial charge on any atom is -0.748 e. The summed E-state index contributed by atoms with van der Waals surface area (Å²) in [6.07, 6.45) is 0.359. The number of aryl methyl sites for hydroxylation is 3. The van der Waals surface area contributed by atoms with E-state index in [4.69, 9.17) is 42.1 Å². The second-order valence-electron chi connectivity index (χ2n) is 16.8. The fourth-order valence-corrected chi connectivity index (χ4v) is 7.91. The first-order valence-electron chi connectivity index (χ1n) is 24.0. The molecule has 0 amide bonds. The van der Waals surface area contributed by atoms with Crippen LogP contribution < -0.4 is 9.80 Å². The molecular formula is C50H83N3O14S2. The Kier molecular flexibility index (Phi) is 32.8. The number of rotatable bonds is 40. The number of quaternary nitrogens is 1. The van der Waals surface area contributed by atoms with Gasteiger partial charge in [-0.25, -0.2) is 8.42 Å². The summed E-state index contributed by atoms with van der Waals surface area (Å²) in [5.41, 5.74) is 5.93. The van der Waals surface area contributed by atoms with Crippen molar-refractivity contribution in [2.75, 3.05) is 181 Å². The van der Waals surface area contributed by atoms with E-state index in [1.807, 2.05) is 21.0 Å². The van der Waals surface area contributed by atoms with Gasteiger partial charge in [-0.15, -0.1) is 0 Å². The normalized spacial score (nSPS) is 11.9. The summed E-state index contributed by atoms with van der Waals surface area (Å²) in [5.74, 6) is -0.316. The molecule has 3 aromatic carbocycles. The van der Waals surface area contributed by atoms with Crippen molar-refractivity contribution < 1.29 is 67.9 Å². The number of ether oxygens (including phenoxy) is 8. The molecule has 0 saturated carbocycles. The molecule has 0 radical (unpaired) electrons. The predicted molar refractivity (Wildman–Crippen MR) is 270 cm³/mol. The van der Waals surface area contributed by atoms with Crippen LogP contribution in [0.25, 0.3) is 0 Å². The molecule has 0 bridgehead atoms. The van der Waals surface area contributed by atoms with Gasteiger partial charge < -0.3 is 56.7 Å². The molecule has 3 rings (SSSR count). The summed E-state index contributed by atoms with van der Waals surface area (Å²) in [4.78, 5) is 4.73. The minimum absolute atomic E-state index is 0.0413. The number of likely N-dealkylation sites (N-methyl/N-ethyl adjacent to an activating group) is 3. The van der Waals surface area contributed by atoms with Gasteiger partial charge in [-0.1, -0.05) is 42.0 Å². The van der Waals surface area contributed by atoms with Gasteiger partial charge >= 0.3 is 0 Å². The van der Waals surface area contributed by atoms with Gasteiger partial charge in [0.15, 0.2) is 0 Å². The summed E-state index contributed by atoms with van der Waals surface area (Å²) in [5, 5.41) is 0. The molecule has 0 fully saturated rings. The zero-order chi connectivity index (χ0) is 50.6. The molecule has 0 heterocycles. The van der Waals surface area contributed by atoms with Gasteiger partial charge in [-0.05, 0) is 82.1 Å². The second-order valence-corrected chi connectivity index (χ2v) is 20.0. The van der Waals surface area contributed by atoms with Crippen LogP contribution in [0.15, 0.2) is 77.7 Å². The Morgan fingerprint density at radius 2 is 0.855 bits per heavy atom. The van der Waals surface area contributed by atoms with Crippen molar-refractivity contribution in [1.82, 2.24) is 0 Å². The Bertz CT molecular complexity index is 1980. The van der Waals surface area contributed by atoms with Crippen molar-refractivity contribution in [1.29, 1.82) is 0 Å². The van der Waals surface area contributed by atoms with E-state index in [1.165, 1.54) is 34.6 Å². The van der Waals surface area contributed by atoms with Crippen LogP contribution in [-0.4, -0.2) is 197 Å². The van der Waals surface area contributed by atoms with Crippen LogP contribution in [-0.2, 0) is 62.3 Å². The SMILES string of the molecule is CCN(CCOCCOCCOCCOCCOS(=O)(=O)c1ccc(C)cc1)c1cccc(C)c1.CCN(CCOCCOCCOCCOCC[N+](C)(C)CCCS(=O)(=O)[O-])c1cccc(C)c1.